The lowest BCUT2D eigenvalue weighted by molar-refractivity contribution is -0.0796. The van der Waals surface area contributed by atoms with Crippen LogP contribution < -0.4 is 11.1 Å². The quantitative estimate of drug-likeness (QED) is 0.806. The summed E-state index contributed by atoms with van der Waals surface area (Å²) in [4.78, 5) is 8.26. The zero-order valence-corrected chi connectivity index (χ0v) is 9.90. The van der Waals surface area contributed by atoms with Crippen LogP contribution in [0.5, 0.6) is 0 Å². The minimum Gasteiger partial charge on any atom is -0.396 e. The molecule has 1 aromatic heterocycles. The summed E-state index contributed by atoms with van der Waals surface area (Å²) < 4.78 is 5.39. The topological polar surface area (TPSA) is 73.1 Å². The Labute approximate surface area is 95.4 Å². The Morgan fingerprint density at radius 1 is 1.44 bits per heavy atom. The highest BCUT2D eigenvalue weighted by Gasteiger charge is 2.48. The summed E-state index contributed by atoms with van der Waals surface area (Å²) in [6.07, 6.45) is 4.50. The summed E-state index contributed by atoms with van der Waals surface area (Å²) in [6.45, 7) is 4.36. The third-order valence-electron chi connectivity index (χ3n) is 3.44. The fourth-order valence-electron chi connectivity index (χ4n) is 2.10. The molecule has 0 aromatic carbocycles. The number of anilines is 2. The molecule has 1 saturated carbocycles. The Hall–Kier alpha value is -1.36. The lowest BCUT2D eigenvalue weighted by atomic mass is 9.64. The van der Waals surface area contributed by atoms with Crippen molar-refractivity contribution in [3.05, 3.63) is 12.4 Å². The normalized spacial score (nSPS) is 27.2. The molecular formula is C11H18N4O. The number of ether oxygens (including phenoxy) is 1. The largest absolute Gasteiger partial charge is 0.396 e. The van der Waals surface area contributed by atoms with Crippen molar-refractivity contribution < 1.29 is 4.74 Å². The first-order valence-corrected chi connectivity index (χ1v) is 5.41. The molecule has 0 spiro atoms. The van der Waals surface area contributed by atoms with E-state index in [9.17, 15) is 0 Å². The molecule has 1 aromatic rings. The van der Waals surface area contributed by atoms with E-state index in [4.69, 9.17) is 10.5 Å². The number of nitrogens with two attached hydrogens (primary N) is 1. The van der Waals surface area contributed by atoms with E-state index in [0.717, 1.165) is 6.42 Å². The van der Waals surface area contributed by atoms with Crippen LogP contribution in [0.15, 0.2) is 12.4 Å². The van der Waals surface area contributed by atoms with Crippen molar-refractivity contribution in [3.8, 4) is 0 Å². The van der Waals surface area contributed by atoms with Gasteiger partial charge in [-0.3, -0.25) is 0 Å². The Balaban J connectivity index is 1.99. The van der Waals surface area contributed by atoms with E-state index in [1.807, 2.05) is 0 Å². The van der Waals surface area contributed by atoms with Crippen molar-refractivity contribution in [2.45, 2.75) is 32.4 Å². The Morgan fingerprint density at radius 3 is 2.56 bits per heavy atom. The van der Waals surface area contributed by atoms with Gasteiger partial charge < -0.3 is 15.8 Å². The van der Waals surface area contributed by atoms with E-state index in [1.54, 1.807) is 19.5 Å². The van der Waals surface area contributed by atoms with Crippen molar-refractivity contribution in [1.82, 2.24) is 9.97 Å². The summed E-state index contributed by atoms with van der Waals surface area (Å²) in [5.74, 6) is 0.627. The second-order valence-corrected chi connectivity index (χ2v) is 4.82. The molecule has 1 aliphatic carbocycles. The SMILES string of the molecule is COC1CC(Nc2ncc(N)cn2)C1(C)C. The highest BCUT2D eigenvalue weighted by atomic mass is 16.5. The molecule has 2 atom stereocenters. The van der Waals surface area contributed by atoms with Crippen LogP contribution in [0, 0.1) is 5.41 Å². The van der Waals surface area contributed by atoms with Crippen LogP contribution in [0.25, 0.3) is 0 Å². The molecule has 5 nitrogen and oxygen atoms in total. The van der Waals surface area contributed by atoms with Gasteiger partial charge in [0, 0.05) is 18.6 Å². The fourth-order valence-corrected chi connectivity index (χ4v) is 2.10. The van der Waals surface area contributed by atoms with Gasteiger partial charge in [0.2, 0.25) is 5.95 Å². The highest BCUT2D eigenvalue weighted by molar-refractivity contribution is 5.37. The van der Waals surface area contributed by atoms with Gasteiger partial charge in [-0.25, -0.2) is 9.97 Å². The first-order valence-electron chi connectivity index (χ1n) is 5.41. The Kier molecular flexibility index (Phi) is 2.71. The molecule has 88 valence electrons. The molecule has 0 aliphatic heterocycles. The van der Waals surface area contributed by atoms with Crippen molar-refractivity contribution >= 4 is 11.6 Å². The lowest BCUT2D eigenvalue weighted by Crippen LogP contribution is -2.57. The average molecular weight is 222 g/mol. The summed E-state index contributed by atoms with van der Waals surface area (Å²) in [7, 11) is 1.75. The number of hydrogen-bond acceptors (Lipinski definition) is 5. The number of nitrogen functional groups attached to an aromatic ring is 1. The lowest BCUT2D eigenvalue weighted by Gasteiger charge is -2.51. The number of hydrogen-bond donors (Lipinski definition) is 2. The van der Waals surface area contributed by atoms with E-state index in [0.29, 0.717) is 23.8 Å². The second-order valence-electron chi connectivity index (χ2n) is 4.82. The number of nitrogens with zero attached hydrogens (tertiary/aromatic N) is 2. The van der Waals surface area contributed by atoms with Crippen LogP contribution in [0.3, 0.4) is 0 Å². The predicted molar refractivity (Wildman–Crippen MR) is 63.1 cm³/mol. The molecule has 2 rings (SSSR count). The maximum Gasteiger partial charge on any atom is 0.222 e. The smallest absolute Gasteiger partial charge is 0.222 e. The van der Waals surface area contributed by atoms with Crippen LogP contribution in [0.2, 0.25) is 0 Å². The minimum absolute atomic E-state index is 0.111. The second kappa shape index (κ2) is 3.90. The molecule has 2 unspecified atom stereocenters. The van der Waals surface area contributed by atoms with Crippen molar-refractivity contribution in [2.75, 3.05) is 18.2 Å². The van der Waals surface area contributed by atoms with E-state index in [-0.39, 0.29) is 5.41 Å². The van der Waals surface area contributed by atoms with Crippen molar-refractivity contribution in [2.24, 2.45) is 5.41 Å². The predicted octanol–water partition coefficient (Wildman–Crippen LogP) is 1.28. The molecule has 3 N–H and O–H groups in total. The summed E-state index contributed by atoms with van der Waals surface area (Å²) in [5.41, 5.74) is 6.22. The number of rotatable bonds is 3. The van der Waals surface area contributed by atoms with Gasteiger partial charge >= 0.3 is 0 Å². The van der Waals surface area contributed by atoms with Crippen LogP contribution in [0.1, 0.15) is 20.3 Å². The standard InChI is InChI=1S/C11H18N4O/c1-11(2)8(4-9(11)16-3)15-10-13-5-7(12)6-14-10/h5-6,8-9H,4,12H2,1-3H3,(H,13,14,15). The van der Waals surface area contributed by atoms with Gasteiger partial charge in [-0.1, -0.05) is 13.8 Å². The van der Waals surface area contributed by atoms with Gasteiger partial charge in [-0.05, 0) is 6.42 Å². The molecule has 0 amide bonds. The molecule has 0 radical (unpaired) electrons. The highest BCUT2D eigenvalue weighted by Crippen LogP contribution is 2.43. The Morgan fingerprint density at radius 2 is 2.06 bits per heavy atom. The van der Waals surface area contributed by atoms with E-state index >= 15 is 0 Å². The van der Waals surface area contributed by atoms with Gasteiger partial charge in [0.05, 0.1) is 24.2 Å². The number of aromatic nitrogens is 2. The van der Waals surface area contributed by atoms with Gasteiger partial charge in [0.15, 0.2) is 0 Å². The molecule has 1 heterocycles. The van der Waals surface area contributed by atoms with E-state index in [1.165, 1.54) is 0 Å². The van der Waals surface area contributed by atoms with Gasteiger partial charge in [0.25, 0.3) is 0 Å². The fraction of sp³-hybridized carbons (Fsp3) is 0.636. The summed E-state index contributed by atoms with van der Waals surface area (Å²) >= 11 is 0. The molecule has 0 bridgehead atoms. The van der Waals surface area contributed by atoms with Gasteiger partial charge in [-0.2, -0.15) is 0 Å². The van der Waals surface area contributed by atoms with E-state index in [2.05, 4.69) is 29.1 Å². The molecule has 1 fully saturated rings. The summed E-state index contributed by atoms with van der Waals surface area (Å²) in [6, 6.07) is 0.348. The third kappa shape index (κ3) is 1.82. The van der Waals surface area contributed by atoms with Gasteiger partial charge in [-0.15, -0.1) is 0 Å². The van der Waals surface area contributed by atoms with Crippen LogP contribution in [-0.2, 0) is 4.74 Å². The average Bonchev–Trinajstić information content (AvgIpc) is 2.26. The third-order valence-corrected chi connectivity index (χ3v) is 3.44. The minimum atomic E-state index is 0.111. The van der Waals surface area contributed by atoms with Crippen LogP contribution >= 0.6 is 0 Å². The van der Waals surface area contributed by atoms with E-state index < -0.39 is 0 Å². The molecular weight excluding hydrogens is 204 g/mol. The zero-order chi connectivity index (χ0) is 11.8. The maximum absolute atomic E-state index is 5.53. The maximum atomic E-state index is 5.53. The summed E-state index contributed by atoms with van der Waals surface area (Å²) in [5, 5.41) is 3.30. The first-order chi connectivity index (χ1) is 7.54. The number of methoxy groups -OCH3 is 1. The monoisotopic (exact) mass is 222 g/mol. The Bertz CT molecular complexity index is 363. The molecule has 1 aliphatic rings. The van der Waals surface area contributed by atoms with Crippen molar-refractivity contribution in [3.63, 3.8) is 0 Å². The number of nitrogens with one attached hydrogen (secondary N) is 1. The zero-order valence-electron chi connectivity index (χ0n) is 9.90. The molecule has 16 heavy (non-hydrogen) atoms. The van der Waals surface area contributed by atoms with Gasteiger partial charge in [0.1, 0.15) is 0 Å². The molecule has 0 saturated heterocycles. The van der Waals surface area contributed by atoms with Crippen LogP contribution in [0.4, 0.5) is 11.6 Å². The molecule has 5 heteroatoms. The first kappa shape index (κ1) is 11.1. The van der Waals surface area contributed by atoms with Crippen LogP contribution in [-0.4, -0.2) is 29.2 Å². The van der Waals surface area contributed by atoms with Crippen molar-refractivity contribution in [1.29, 1.82) is 0 Å².